The van der Waals surface area contributed by atoms with Gasteiger partial charge in [-0.05, 0) is 13.0 Å². The molecule has 0 radical (unpaired) electrons. The van der Waals surface area contributed by atoms with E-state index in [1.165, 1.54) is 18.2 Å². The first-order chi connectivity index (χ1) is 7.57. The number of benzene rings is 1. The fraction of sp³-hybridized carbons (Fsp3) is 0.300. The summed E-state index contributed by atoms with van der Waals surface area (Å²) in [6, 6.07) is 5.73. The van der Waals surface area contributed by atoms with Crippen LogP contribution in [-0.2, 0) is 4.74 Å². The van der Waals surface area contributed by atoms with Crippen LogP contribution in [0, 0.1) is 15.5 Å². The van der Waals surface area contributed by atoms with Crippen LogP contribution < -0.4 is 0 Å². The van der Waals surface area contributed by atoms with E-state index in [9.17, 15) is 15.2 Å². The van der Waals surface area contributed by atoms with Crippen LogP contribution >= 0.6 is 12.4 Å². The van der Waals surface area contributed by atoms with E-state index < -0.39 is 16.9 Å². The normalized spacial score (nSPS) is 11.2. The maximum Gasteiger partial charge on any atom is 0.275 e. The molecule has 0 aliphatic carbocycles. The fourth-order valence-corrected chi connectivity index (χ4v) is 1.26. The number of para-hydroxylation sites is 1. The van der Waals surface area contributed by atoms with Crippen LogP contribution in [0.15, 0.2) is 24.3 Å². The van der Waals surface area contributed by atoms with Crippen molar-refractivity contribution >= 4 is 24.0 Å². The zero-order chi connectivity index (χ0) is 12.1. The molecule has 6 nitrogen and oxygen atoms in total. The molecule has 0 aliphatic heterocycles. The highest BCUT2D eigenvalue weighted by Gasteiger charge is 2.23. The van der Waals surface area contributed by atoms with Crippen molar-refractivity contribution in [3.8, 4) is 0 Å². The van der Waals surface area contributed by atoms with E-state index in [4.69, 9.17) is 10.1 Å². The van der Waals surface area contributed by atoms with Gasteiger partial charge in [-0.25, -0.2) is 0 Å². The Morgan fingerprint density at radius 2 is 2.18 bits per heavy atom. The van der Waals surface area contributed by atoms with Crippen molar-refractivity contribution < 1.29 is 14.8 Å². The average molecular weight is 261 g/mol. The Bertz CT molecular complexity index is 411. The van der Waals surface area contributed by atoms with Gasteiger partial charge >= 0.3 is 0 Å². The van der Waals surface area contributed by atoms with Gasteiger partial charge in [0.05, 0.1) is 17.1 Å². The first kappa shape index (κ1) is 15.3. The van der Waals surface area contributed by atoms with E-state index in [0.29, 0.717) is 0 Å². The van der Waals surface area contributed by atoms with Gasteiger partial charge < -0.3 is 9.84 Å². The van der Waals surface area contributed by atoms with Crippen LogP contribution in [0.5, 0.6) is 0 Å². The van der Waals surface area contributed by atoms with E-state index in [2.05, 4.69) is 0 Å². The summed E-state index contributed by atoms with van der Waals surface area (Å²) in [5.74, 6) is -0.392. The summed E-state index contributed by atoms with van der Waals surface area (Å²) in [4.78, 5) is 10.1. The van der Waals surface area contributed by atoms with Gasteiger partial charge in [-0.15, -0.1) is 12.4 Å². The third-order valence-corrected chi connectivity index (χ3v) is 1.98. The maximum atomic E-state index is 10.7. The summed E-state index contributed by atoms with van der Waals surface area (Å²) in [6.45, 7) is 1.90. The zero-order valence-electron chi connectivity index (χ0n) is 9.12. The maximum absolute atomic E-state index is 10.7. The second-order valence-corrected chi connectivity index (χ2v) is 3.02. The van der Waals surface area contributed by atoms with E-state index >= 15 is 0 Å². The number of aliphatic hydroxyl groups is 1. The third kappa shape index (κ3) is 3.69. The topological polar surface area (TPSA) is 96.5 Å². The molecule has 17 heavy (non-hydrogen) atoms. The standard InChI is InChI=1S/C10H12N2O4.ClH/c1-2-16-10(11)9(13)7-5-3-4-6-8(7)12(14)15;/h3-6,9,11,13H,2H2,1H3;1H. The van der Waals surface area contributed by atoms with E-state index in [0.717, 1.165) is 0 Å². The Labute approximate surface area is 104 Å². The Hall–Kier alpha value is -1.66. The quantitative estimate of drug-likeness (QED) is 0.375. The van der Waals surface area contributed by atoms with Crippen molar-refractivity contribution in [3.05, 3.63) is 39.9 Å². The molecule has 0 aromatic heterocycles. The van der Waals surface area contributed by atoms with E-state index in [1.807, 2.05) is 0 Å². The summed E-state index contributed by atoms with van der Waals surface area (Å²) >= 11 is 0. The molecule has 7 heteroatoms. The summed E-state index contributed by atoms with van der Waals surface area (Å²) in [6.07, 6.45) is -1.40. The minimum absolute atomic E-state index is 0. The van der Waals surface area contributed by atoms with Crippen molar-refractivity contribution in [1.29, 1.82) is 5.41 Å². The Morgan fingerprint density at radius 1 is 1.59 bits per heavy atom. The minimum Gasteiger partial charge on any atom is -0.479 e. The lowest BCUT2D eigenvalue weighted by Crippen LogP contribution is -2.15. The molecule has 1 unspecified atom stereocenters. The largest absolute Gasteiger partial charge is 0.479 e. The Kier molecular flexibility index (Phi) is 6.16. The molecule has 0 bridgehead atoms. The SMILES string of the molecule is CCOC(=N)C(O)c1ccccc1[N+](=O)[O-].Cl. The molecule has 1 aromatic rings. The van der Waals surface area contributed by atoms with Gasteiger partial charge in [0.2, 0.25) is 5.90 Å². The number of hydrogen-bond donors (Lipinski definition) is 2. The van der Waals surface area contributed by atoms with E-state index in [1.54, 1.807) is 13.0 Å². The van der Waals surface area contributed by atoms with Crippen LogP contribution in [0.25, 0.3) is 0 Å². The number of ether oxygens (including phenoxy) is 1. The van der Waals surface area contributed by atoms with Crippen LogP contribution in [0.1, 0.15) is 18.6 Å². The second-order valence-electron chi connectivity index (χ2n) is 3.02. The van der Waals surface area contributed by atoms with Gasteiger partial charge in [0, 0.05) is 6.07 Å². The number of rotatable bonds is 4. The molecule has 0 saturated carbocycles. The number of nitrogens with zero attached hydrogens (tertiary/aromatic N) is 1. The summed E-state index contributed by atoms with van der Waals surface area (Å²) in [7, 11) is 0. The minimum atomic E-state index is -1.40. The lowest BCUT2D eigenvalue weighted by atomic mass is 10.1. The number of halogens is 1. The van der Waals surface area contributed by atoms with Crippen LogP contribution in [0.4, 0.5) is 5.69 Å². The number of nitro benzene ring substituents is 1. The van der Waals surface area contributed by atoms with Gasteiger partial charge in [-0.1, -0.05) is 12.1 Å². The van der Waals surface area contributed by atoms with Gasteiger partial charge in [-0.2, -0.15) is 0 Å². The highest BCUT2D eigenvalue weighted by Crippen LogP contribution is 2.25. The smallest absolute Gasteiger partial charge is 0.275 e. The summed E-state index contributed by atoms with van der Waals surface area (Å²) < 4.78 is 4.80. The Morgan fingerprint density at radius 3 is 2.71 bits per heavy atom. The lowest BCUT2D eigenvalue weighted by molar-refractivity contribution is -0.386. The van der Waals surface area contributed by atoms with Gasteiger partial charge in [0.15, 0.2) is 6.10 Å². The number of nitro groups is 1. The zero-order valence-corrected chi connectivity index (χ0v) is 9.94. The fourth-order valence-electron chi connectivity index (χ4n) is 1.26. The molecular formula is C10H13ClN2O4. The average Bonchev–Trinajstić information content (AvgIpc) is 2.28. The first-order valence-electron chi connectivity index (χ1n) is 4.70. The van der Waals surface area contributed by atoms with Gasteiger partial charge in [-0.3, -0.25) is 15.5 Å². The molecule has 1 rings (SSSR count). The van der Waals surface area contributed by atoms with Gasteiger partial charge in [0.1, 0.15) is 0 Å². The number of hydrogen-bond acceptors (Lipinski definition) is 5. The molecule has 2 N–H and O–H groups in total. The van der Waals surface area contributed by atoms with Crippen LogP contribution in [0.3, 0.4) is 0 Å². The predicted molar refractivity (Wildman–Crippen MR) is 64.7 cm³/mol. The number of nitrogens with one attached hydrogen (secondary N) is 1. The molecule has 0 amide bonds. The van der Waals surface area contributed by atoms with E-state index in [-0.39, 0.29) is 30.3 Å². The van der Waals surface area contributed by atoms with Gasteiger partial charge in [0.25, 0.3) is 5.69 Å². The van der Waals surface area contributed by atoms with Crippen molar-refractivity contribution in [2.75, 3.05) is 6.61 Å². The molecule has 94 valence electrons. The molecule has 0 spiro atoms. The second kappa shape index (κ2) is 6.82. The summed E-state index contributed by atoms with van der Waals surface area (Å²) in [5.41, 5.74) is -0.162. The number of aliphatic hydroxyl groups excluding tert-OH is 1. The lowest BCUT2D eigenvalue weighted by Gasteiger charge is -2.12. The van der Waals surface area contributed by atoms with Crippen LogP contribution in [-0.4, -0.2) is 22.5 Å². The first-order valence-corrected chi connectivity index (χ1v) is 4.70. The van der Waals surface area contributed by atoms with Crippen molar-refractivity contribution in [3.63, 3.8) is 0 Å². The Balaban J connectivity index is 0.00000256. The van der Waals surface area contributed by atoms with Crippen molar-refractivity contribution in [1.82, 2.24) is 0 Å². The van der Waals surface area contributed by atoms with Crippen molar-refractivity contribution in [2.24, 2.45) is 0 Å². The monoisotopic (exact) mass is 260 g/mol. The third-order valence-electron chi connectivity index (χ3n) is 1.98. The van der Waals surface area contributed by atoms with Crippen LogP contribution in [0.2, 0.25) is 0 Å². The molecule has 1 atom stereocenters. The van der Waals surface area contributed by atoms with Crippen molar-refractivity contribution in [2.45, 2.75) is 13.0 Å². The summed E-state index contributed by atoms with van der Waals surface area (Å²) in [5, 5.41) is 27.8. The molecule has 0 saturated heterocycles. The molecular weight excluding hydrogens is 248 g/mol. The molecule has 0 heterocycles. The predicted octanol–water partition coefficient (Wildman–Crippen LogP) is 2.06. The molecule has 0 aliphatic rings. The highest BCUT2D eigenvalue weighted by atomic mass is 35.5. The molecule has 1 aromatic carbocycles. The highest BCUT2D eigenvalue weighted by molar-refractivity contribution is 5.85. The molecule has 0 fully saturated rings.